The molecule has 0 fully saturated rings. The van der Waals surface area contributed by atoms with Gasteiger partial charge in [-0.15, -0.1) is 15.1 Å². The van der Waals surface area contributed by atoms with E-state index in [4.69, 9.17) is 5.26 Å². The molecule has 0 saturated heterocycles. The monoisotopic (exact) mass is 218 g/mol. The van der Waals surface area contributed by atoms with Crippen LogP contribution in [0.25, 0.3) is 0 Å². The molecule has 0 radical (unpaired) electrons. The summed E-state index contributed by atoms with van der Waals surface area (Å²) in [6.07, 6.45) is 0.199. The minimum absolute atomic E-state index is 0.00195. The number of nitriles is 1. The van der Waals surface area contributed by atoms with Gasteiger partial charge in [0.1, 0.15) is 0 Å². The van der Waals surface area contributed by atoms with Crippen LogP contribution in [0.15, 0.2) is 0 Å². The van der Waals surface area contributed by atoms with Gasteiger partial charge in [0.25, 0.3) is 5.09 Å². The molecule has 0 aromatic heterocycles. The van der Waals surface area contributed by atoms with Gasteiger partial charge >= 0.3 is 0 Å². The molecule has 0 amide bonds. The van der Waals surface area contributed by atoms with E-state index in [1.807, 2.05) is 0 Å². The number of hydrazine groups is 1. The average molecular weight is 218 g/mol. The van der Waals surface area contributed by atoms with Gasteiger partial charge in [-0.1, -0.05) is 0 Å². The maximum atomic E-state index is 10.4. The molecule has 0 atom stereocenters. The molecule has 0 spiro atoms. The standard InChI is InChI=1S/C6H10N4O5/c7-3-1-4-8(9(11)12)5-2-6-15-10(13)14/h1-2,4-6H2. The van der Waals surface area contributed by atoms with Crippen LogP contribution in [0.3, 0.4) is 0 Å². The number of rotatable bonds is 8. The zero-order valence-corrected chi connectivity index (χ0v) is 7.87. The van der Waals surface area contributed by atoms with Crippen molar-refractivity contribution in [2.24, 2.45) is 0 Å². The van der Waals surface area contributed by atoms with Gasteiger partial charge in [-0.2, -0.15) is 5.26 Å². The summed E-state index contributed by atoms with van der Waals surface area (Å²) >= 11 is 0. The Hall–Kier alpha value is -2.11. The lowest BCUT2D eigenvalue weighted by Gasteiger charge is -2.11. The molecule has 0 rings (SSSR count). The molecule has 0 aliphatic rings. The van der Waals surface area contributed by atoms with Gasteiger partial charge in [-0.25, -0.2) is 10.1 Å². The molecule has 15 heavy (non-hydrogen) atoms. The summed E-state index contributed by atoms with van der Waals surface area (Å²) < 4.78 is 0. The molecule has 0 heterocycles. The normalized spacial score (nSPS) is 9.00. The topological polar surface area (TPSA) is 123 Å². The first-order valence-corrected chi connectivity index (χ1v) is 4.11. The fourth-order valence-corrected chi connectivity index (χ4v) is 0.840. The lowest BCUT2D eigenvalue weighted by Crippen LogP contribution is -2.32. The van der Waals surface area contributed by atoms with Crippen molar-refractivity contribution in [2.75, 3.05) is 19.7 Å². The van der Waals surface area contributed by atoms with E-state index in [2.05, 4.69) is 4.84 Å². The summed E-state index contributed by atoms with van der Waals surface area (Å²) in [7, 11) is 0. The third-order valence-corrected chi connectivity index (χ3v) is 1.47. The van der Waals surface area contributed by atoms with Gasteiger partial charge in [-0.3, -0.25) is 0 Å². The van der Waals surface area contributed by atoms with Crippen LogP contribution in [0, 0.1) is 31.6 Å². The van der Waals surface area contributed by atoms with Crippen LogP contribution in [0.5, 0.6) is 0 Å². The fourth-order valence-electron chi connectivity index (χ4n) is 0.840. The van der Waals surface area contributed by atoms with Crippen LogP contribution in [0.1, 0.15) is 12.8 Å². The summed E-state index contributed by atoms with van der Waals surface area (Å²) in [6.45, 7) is -0.172. The second kappa shape index (κ2) is 7.31. The zero-order chi connectivity index (χ0) is 11.7. The van der Waals surface area contributed by atoms with Gasteiger partial charge in [0.15, 0.2) is 5.03 Å². The van der Waals surface area contributed by atoms with Crippen LogP contribution < -0.4 is 0 Å². The summed E-state index contributed by atoms with van der Waals surface area (Å²) in [6, 6.07) is 1.78. The Labute approximate surface area is 85.1 Å². The minimum atomic E-state index is -0.953. The highest BCUT2D eigenvalue weighted by Gasteiger charge is 2.12. The Kier molecular flexibility index (Phi) is 6.28. The van der Waals surface area contributed by atoms with E-state index in [0.717, 1.165) is 5.01 Å². The quantitative estimate of drug-likeness (QED) is 0.319. The summed E-state index contributed by atoms with van der Waals surface area (Å²) in [4.78, 5) is 24.1. The fraction of sp³-hybridized carbons (Fsp3) is 0.833. The molecule has 0 aliphatic heterocycles. The Balaban J connectivity index is 3.72. The van der Waals surface area contributed by atoms with Crippen molar-refractivity contribution in [3.05, 3.63) is 20.2 Å². The van der Waals surface area contributed by atoms with E-state index in [1.165, 1.54) is 0 Å². The first kappa shape index (κ1) is 12.9. The third-order valence-electron chi connectivity index (χ3n) is 1.47. The van der Waals surface area contributed by atoms with Gasteiger partial charge < -0.3 is 4.84 Å². The Morgan fingerprint density at radius 2 is 2.00 bits per heavy atom. The number of nitro groups is 1. The Bertz CT molecular complexity index is 263. The third kappa shape index (κ3) is 7.00. The molecule has 9 nitrogen and oxygen atoms in total. The van der Waals surface area contributed by atoms with Crippen molar-refractivity contribution in [1.29, 1.82) is 5.26 Å². The first-order valence-electron chi connectivity index (χ1n) is 4.11. The zero-order valence-electron chi connectivity index (χ0n) is 7.87. The summed E-state index contributed by atoms with van der Waals surface area (Å²) in [5.41, 5.74) is 0. The van der Waals surface area contributed by atoms with Crippen LogP contribution >= 0.6 is 0 Å². The number of hydrogen-bond acceptors (Lipinski definition) is 6. The minimum Gasteiger partial charge on any atom is -0.314 e. The van der Waals surface area contributed by atoms with Gasteiger partial charge in [-0.05, 0) is 6.42 Å². The van der Waals surface area contributed by atoms with Crippen molar-refractivity contribution < 1.29 is 15.0 Å². The van der Waals surface area contributed by atoms with Gasteiger partial charge in [0, 0.05) is 0 Å². The van der Waals surface area contributed by atoms with Crippen molar-refractivity contribution >= 4 is 0 Å². The Morgan fingerprint density at radius 1 is 1.33 bits per heavy atom. The highest BCUT2D eigenvalue weighted by atomic mass is 16.9. The van der Waals surface area contributed by atoms with Crippen molar-refractivity contribution in [2.45, 2.75) is 12.8 Å². The molecule has 0 aliphatic carbocycles. The highest BCUT2D eigenvalue weighted by Crippen LogP contribution is 1.94. The molecule has 0 aromatic rings. The maximum absolute atomic E-state index is 10.4. The molecular formula is C6H10N4O5. The SMILES string of the molecule is N#CCCN(CCCO[N+](=O)[O-])[N+](=O)[O-]. The van der Waals surface area contributed by atoms with Gasteiger partial charge in [0.05, 0.1) is 32.2 Å². The predicted molar refractivity (Wildman–Crippen MR) is 46.4 cm³/mol. The molecule has 0 unspecified atom stereocenters. The van der Waals surface area contributed by atoms with E-state index >= 15 is 0 Å². The van der Waals surface area contributed by atoms with Crippen molar-refractivity contribution in [3.8, 4) is 6.07 Å². The van der Waals surface area contributed by atoms with E-state index in [0.29, 0.717) is 0 Å². The molecule has 9 heteroatoms. The smallest absolute Gasteiger partial charge is 0.294 e. The van der Waals surface area contributed by atoms with E-state index in [-0.39, 0.29) is 32.5 Å². The van der Waals surface area contributed by atoms with E-state index in [9.17, 15) is 20.2 Å². The van der Waals surface area contributed by atoms with Crippen molar-refractivity contribution in [1.82, 2.24) is 5.01 Å². The lowest BCUT2D eigenvalue weighted by atomic mass is 10.4. The first-order chi connectivity index (χ1) is 7.07. The second-order valence-electron chi connectivity index (χ2n) is 2.51. The molecule has 84 valence electrons. The van der Waals surface area contributed by atoms with Crippen LogP contribution in [0.4, 0.5) is 0 Å². The van der Waals surface area contributed by atoms with Gasteiger partial charge in [0.2, 0.25) is 0 Å². The second-order valence-corrected chi connectivity index (χ2v) is 2.51. The van der Waals surface area contributed by atoms with Crippen LogP contribution in [-0.4, -0.2) is 34.8 Å². The highest BCUT2D eigenvalue weighted by molar-refractivity contribution is 4.69. The predicted octanol–water partition coefficient (Wildman–Crippen LogP) is -0.00782. The molecule has 0 aromatic carbocycles. The van der Waals surface area contributed by atoms with E-state index in [1.54, 1.807) is 6.07 Å². The lowest BCUT2D eigenvalue weighted by molar-refractivity contribution is -0.758. The largest absolute Gasteiger partial charge is 0.314 e. The Morgan fingerprint density at radius 3 is 2.47 bits per heavy atom. The number of hydrogen-bond donors (Lipinski definition) is 0. The van der Waals surface area contributed by atoms with Crippen LogP contribution in [-0.2, 0) is 4.84 Å². The molecule has 0 saturated carbocycles. The van der Waals surface area contributed by atoms with E-state index < -0.39 is 10.1 Å². The maximum Gasteiger partial charge on any atom is 0.294 e. The van der Waals surface area contributed by atoms with Crippen molar-refractivity contribution in [3.63, 3.8) is 0 Å². The molecule has 0 N–H and O–H groups in total. The number of nitrogens with zero attached hydrogens (tertiary/aromatic N) is 4. The average Bonchev–Trinajstić information content (AvgIpc) is 2.15. The molecule has 0 bridgehead atoms. The molecular weight excluding hydrogens is 208 g/mol. The summed E-state index contributed by atoms with van der Waals surface area (Å²) in [5.74, 6) is 0. The van der Waals surface area contributed by atoms with Crippen LogP contribution in [0.2, 0.25) is 0 Å². The summed E-state index contributed by atoms with van der Waals surface area (Å²) in [5, 5.41) is 27.6.